The maximum Gasteiger partial charge on any atom is 0.511 e. The van der Waals surface area contributed by atoms with Crippen LogP contribution in [0.25, 0.3) is 10.9 Å². The molecule has 0 spiro atoms. The largest absolute Gasteiger partial charge is 0.511 e. The summed E-state index contributed by atoms with van der Waals surface area (Å²) >= 11 is 0. The van der Waals surface area contributed by atoms with Crippen LogP contribution in [0.4, 0.5) is 13.2 Å². The Morgan fingerprint density at radius 2 is 2.00 bits per heavy atom. The van der Waals surface area contributed by atoms with Crippen LogP contribution in [-0.4, -0.2) is 38.0 Å². The van der Waals surface area contributed by atoms with E-state index in [4.69, 9.17) is 0 Å². The Bertz CT molecular complexity index is 814. The summed E-state index contributed by atoms with van der Waals surface area (Å²) in [4.78, 5) is 14.5. The van der Waals surface area contributed by atoms with Crippen molar-refractivity contribution in [2.75, 3.05) is 7.11 Å². The number of benzene rings is 1. The number of nitrogens with one attached hydrogen (secondary N) is 2. The Morgan fingerprint density at radius 3 is 2.61 bits per heavy atom. The van der Waals surface area contributed by atoms with Gasteiger partial charge in [-0.25, -0.2) is 8.42 Å². The van der Waals surface area contributed by atoms with Crippen molar-refractivity contribution in [3.05, 3.63) is 36.0 Å². The number of hydrogen-bond donors (Lipinski definition) is 2. The fourth-order valence-electron chi connectivity index (χ4n) is 2.09. The smallest absolute Gasteiger partial charge is 0.468 e. The topological polar surface area (TPSA) is 88.3 Å². The lowest BCUT2D eigenvalue weighted by Crippen LogP contribution is -2.47. The number of esters is 1. The molecular formula is C13H13F3N2O4S. The number of carbonyl (C=O) groups is 1. The molecule has 6 nitrogen and oxygen atoms in total. The molecule has 23 heavy (non-hydrogen) atoms. The highest BCUT2D eigenvalue weighted by Crippen LogP contribution is 2.24. The van der Waals surface area contributed by atoms with E-state index in [1.807, 2.05) is 0 Å². The van der Waals surface area contributed by atoms with Gasteiger partial charge in [-0.2, -0.15) is 17.9 Å². The zero-order valence-corrected chi connectivity index (χ0v) is 12.7. The third kappa shape index (κ3) is 3.64. The van der Waals surface area contributed by atoms with Gasteiger partial charge in [0.25, 0.3) is 0 Å². The molecule has 0 radical (unpaired) electrons. The summed E-state index contributed by atoms with van der Waals surface area (Å²) in [5, 5.41) is 0.674. The van der Waals surface area contributed by atoms with Crippen LogP contribution in [0.5, 0.6) is 0 Å². The molecule has 1 aromatic heterocycles. The number of rotatable bonds is 5. The molecule has 0 aliphatic heterocycles. The highest BCUT2D eigenvalue weighted by Gasteiger charge is 2.47. The molecule has 0 unspecified atom stereocenters. The molecule has 1 heterocycles. The predicted octanol–water partition coefficient (Wildman–Crippen LogP) is 1.69. The SMILES string of the molecule is COC(=O)[C@@H](Cc1c[nH]c2ccccc12)NS(=O)(=O)C(F)(F)F. The Hall–Kier alpha value is -2.07. The zero-order valence-electron chi connectivity index (χ0n) is 11.8. The average Bonchev–Trinajstić information content (AvgIpc) is 2.88. The third-order valence-electron chi connectivity index (χ3n) is 3.19. The first-order valence-corrected chi connectivity index (χ1v) is 7.85. The summed E-state index contributed by atoms with van der Waals surface area (Å²) in [6.07, 6.45) is 1.22. The summed E-state index contributed by atoms with van der Waals surface area (Å²) in [6, 6.07) is 5.23. The van der Waals surface area contributed by atoms with Crippen molar-refractivity contribution < 1.29 is 31.1 Å². The highest BCUT2D eigenvalue weighted by atomic mass is 32.2. The average molecular weight is 350 g/mol. The van der Waals surface area contributed by atoms with Gasteiger partial charge in [-0.05, 0) is 11.6 Å². The molecule has 0 saturated carbocycles. The summed E-state index contributed by atoms with van der Waals surface area (Å²) in [7, 11) is -4.70. The quantitative estimate of drug-likeness (QED) is 0.804. The van der Waals surface area contributed by atoms with Crippen LogP contribution < -0.4 is 4.72 Å². The lowest BCUT2D eigenvalue weighted by Gasteiger charge is -2.17. The van der Waals surface area contributed by atoms with Gasteiger partial charge in [0.2, 0.25) is 0 Å². The standard InChI is InChI=1S/C13H13F3N2O4S/c1-22-12(19)11(18-23(20,21)13(14,15)16)6-8-7-17-10-5-3-2-4-9(8)10/h2-5,7,11,17-18H,6H2,1H3/t11-/m1/s1. The Morgan fingerprint density at radius 1 is 1.35 bits per heavy atom. The number of methoxy groups -OCH3 is 1. The van der Waals surface area contributed by atoms with E-state index in [1.165, 1.54) is 10.9 Å². The van der Waals surface area contributed by atoms with E-state index >= 15 is 0 Å². The number of para-hydroxylation sites is 1. The van der Waals surface area contributed by atoms with Crippen LogP contribution in [0, 0.1) is 0 Å². The molecule has 2 N–H and O–H groups in total. The van der Waals surface area contributed by atoms with Crippen molar-refractivity contribution in [2.24, 2.45) is 0 Å². The number of alkyl halides is 3. The van der Waals surface area contributed by atoms with E-state index in [1.54, 1.807) is 24.3 Å². The van der Waals surface area contributed by atoms with Crippen molar-refractivity contribution in [2.45, 2.75) is 18.0 Å². The molecule has 0 saturated heterocycles. The van der Waals surface area contributed by atoms with Crippen molar-refractivity contribution in [1.82, 2.24) is 9.71 Å². The molecular weight excluding hydrogens is 337 g/mol. The summed E-state index contributed by atoms with van der Waals surface area (Å²) in [6.45, 7) is 0. The summed E-state index contributed by atoms with van der Waals surface area (Å²) in [5.74, 6) is -1.11. The van der Waals surface area contributed by atoms with Crippen LogP contribution in [0.15, 0.2) is 30.5 Å². The van der Waals surface area contributed by atoms with E-state index in [-0.39, 0.29) is 6.42 Å². The summed E-state index contributed by atoms with van der Waals surface area (Å²) < 4.78 is 65.6. The van der Waals surface area contributed by atoms with Gasteiger partial charge in [-0.15, -0.1) is 0 Å². The number of aromatic nitrogens is 1. The van der Waals surface area contributed by atoms with Gasteiger partial charge < -0.3 is 9.72 Å². The number of H-pyrrole nitrogens is 1. The van der Waals surface area contributed by atoms with Crippen molar-refractivity contribution in [1.29, 1.82) is 0 Å². The van der Waals surface area contributed by atoms with Crippen LogP contribution in [0.3, 0.4) is 0 Å². The molecule has 2 aromatic rings. The maximum absolute atomic E-state index is 12.5. The van der Waals surface area contributed by atoms with Crippen molar-refractivity contribution in [3.63, 3.8) is 0 Å². The number of hydrogen-bond acceptors (Lipinski definition) is 4. The highest BCUT2D eigenvalue weighted by molar-refractivity contribution is 7.90. The monoisotopic (exact) mass is 350 g/mol. The number of fused-ring (bicyclic) bond motifs is 1. The van der Waals surface area contributed by atoms with Gasteiger partial charge in [0.15, 0.2) is 0 Å². The minimum absolute atomic E-state index is 0.286. The van der Waals surface area contributed by atoms with Crippen LogP contribution >= 0.6 is 0 Å². The van der Waals surface area contributed by atoms with Gasteiger partial charge in [-0.1, -0.05) is 18.2 Å². The second kappa shape index (κ2) is 6.20. The second-order valence-corrected chi connectivity index (χ2v) is 6.41. The second-order valence-electron chi connectivity index (χ2n) is 4.71. The third-order valence-corrected chi connectivity index (χ3v) is 4.39. The fourth-order valence-corrected chi connectivity index (χ4v) is 2.78. The van der Waals surface area contributed by atoms with Crippen molar-refractivity contribution in [3.8, 4) is 0 Å². The lowest BCUT2D eigenvalue weighted by atomic mass is 10.1. The molecule has 0 amide bonds. The molecule has 0 bridgehead atoms. The number of carbonyl (C=O) groups excluding carboxylic acids is 1. The molecule has 126 valence electrons. The minimum Gasteiger partial charge on any atom is -0.468 e. The van der Waals surface area contributed by atoms with E-state index in [0.717, 1.165) is 7.11 Å². The first-order valence-electron chi connectivity index (χ1n) is 6.37. The normalized spacial score (nSPS) is 13.9. The molecule has 0 fully saturated rings. The van der Waals surface area contributed by atoms with Gasteiger partial charge in [0, 0.05) is 23.5 Å². The van der Waals surface area contributed by atoms with Crippen LogP contribution in [-0.2, 0) is 26.0 Å². The molecule has 1 aromatic carbocycles. The van der Waals surface area contributed by atoms with Gasteiger partial charge in [0.05, 0.1) is 7.11 Å². The fraction of sp³-hybridized carbons (Fsp3) is 0.308. The molecule has 0 aliphatic carbocycles. The van der Waals surface area contributed by atoms with Gasteiger partial charge in [-0.3, -0.25) is 4.79 Å². The predicted molar refractivity (Wildman–Crippen MR) is 75.9 cm³/mol. The van der Waals surface area contributed by atoms with Crippen molar-refractivity contribution >= 4 is 26.9 Å². The first-order chi connectivity index (χ1) is 10.7. The van der Waals surface area contributed by atoms with E-state index in [0.29, 0.717) is 16.5 Å². The number of ether oxygens (including phenoxy) is 1. The Balaban J connectivity index is 2.32. The van der Waals surface area contributed by atoms with E-state index < -0.39 is 27.5 Å². The van der Waals surface area contributed by atoms with Crippen LogP contribution in [0.1, 0.15) is 5.56 Å². The summed E-state index contributed by atoms with van der Waals surface area (Å²) in [5.41, 5.74) is -4.31. The minimum atomic E-state index is -5.67. The van der Waals surface area contributed by atoms with Crippen LogP contribution in [0.2, 0.25) is 0 Å². The number of sulfonamides is 1. The molecule has 10 heteroatoms. The lowest BCUT2D eigenvalue weighted by molar-refractivity contribution is -0.142. The number of halogens is 3. The maximum atomic E-state index is 12.5. The number of aromatic amines is 1. The molecule has 2 rings (SSSR count). The van der Waals surface area contributed by atoms with Gasteiger partial charge in [0.1, 0.15) is 6.04 Å². The van der Waals surface area contributed by atoms with Gasteiger partial charge >= 0.3 is 21.5 Å². The Labute approximate surface area is 129 Å². The van der Waals surface area contributed by atoms with E-state index in [9.17, 15) is 26.4 Å². The first kappa shape index (κ1) is 17.3. The molecule has 1 atom stereocenters. The zero-order chi connectivity index (χ0) is 17.3. The molecule has 0 aliphatic rings. The Kier molecular flexibility index (Phi) is 4.66. The van der Waals surface area contributed by atoms with E-state index in [2.05, 4.69) is 9.72 Å².